The predicted molar refractivity (Wildman–Crippen MR) is 58.5 cm³/mol. The highest BCUT2D eigenvalue weighted by atomic mass is 16.4. The summed E-state index contributed by atoms with van der Waals surface area (Å²) in [6.07, 6.45) is 7.48. The summed E-state index contributed by atoms with van der Waals surface area (Å²) in [7, 11) is 0. The normalized spacial score (nSPS) is 31.5. The fourth-order valence-corrected chi connectivity index (χ4v) is 2.68. The average Bonchev–Trinajstić information content (AvgIpc) is 2.65. The summed E-state index contributed by atoms with van der Waals surface area (Å²) in [5.74, 6) is 0.0478. The highest BCUT2D eigenvalue weighted by Crippen LogP contribution is 2.31. The van der Waals surface area contributed by atoms with E-state index >= 15 is 0 Å². The maximum Gasteiger partial charge on any atom is 0.326 e. The van der Waals surface area contributed by atoms with Gasteiger partial charge in [-0.2, -0.15) is 0 Å². The monoisotopic (exact) mass is 209 g/mol. The number of nitrogens with zero attached hydrogens (tertiary/aromatic N) is 1. The first-order chi connectivity index (χ1) is 7.18. The van der Waals surface area contributed by atoms with E-state index in [9.17, 15) is 4.79 Å². The summed E-state index contributed by atoms with van der Waals surface area (Å²) in [6, 6.07) is -0.262. The molecule has 0 bridgehead atoms. The third-order valence-corrected chi connectivity index (χ3v) is 3.50. The van der Waals surface area contributed by atoms with Gasteiger partial charge in [-0.05, 0) is 38.0 Å². The van der Waals surface area contributed by atoms with Gasteiger partial charge in [0, 0.05) is 12.2 Å². The SMILES string of the molecule is C[C@@H]1CCC=C(N2CCC[C@H]2C(=O)O)C1. The Labute approximate surface area is 90.8 Å². The third-order valence-electron chi connectivity index (χ3n) is 3.50. The molecular formula is C12H19NO2. The summed E-state index contributed by atoms with van der Waals surface area (Å²) < 4.78 is 0. The van der Waals surface area contributed by atoms with Gasteiger partial charge >= 0.3 is 5.97 Å². The molecule has 0 aromatic carbocycles. The molecule has 0 aromatic heterocycles. The van der Waals surface area contributed by atoms with Crippen molar-refractivity contribution in [3.63, 3.8) is 0 Å². The molecule has 1 aliphatic heterocycles. The van der Waals surface area contributed by atoms with E-state index in [0.717, 1.165) is 32.2 Å². The maximum atomic E-state index is 11.1. The number of carboxylic acid groups (broad SMARTS) is 1. The fraction of sp³-hybridized carbons (Fsp3) is 0.750. The Hall–Kier alpha value is -0.990. The zero-order valence-corrected chi connectivity index (χ0v) is 9.28. The molecule has 1 aliphatic carbocycles. The lowest BCUT2D eigenvalue weighted by Crippen LogP contribution is -2.36. The van der Waals surface area contributed by atoms with Gasteiger partial charge in [0.1, 0.15) is 6.04 Å². The first-order valence-electron chi connectivity index (χ1n) is 5.87. The number of rotatable bonds is 2. The van der Waals surface area contributed by atoms with Crippen LogP contribution < -0.4 is 0 Å². The molecule has 1 heterocycles. The van der Waals surface area contributed by atoms with Crippen molar-refractivity contribution in [3.05, 3.63) is 11.8 Å². The Kier molecular flexibility index (Phi) is 2.98. The second-order valence-corrected chi connectivity index (χ2v) is 4.77. The van der Waals surface area contributed by atoms with Gasteiger partial charge in [-0.25, -0.2) is 4.79 Å². The fourth-order valence-electron chi connectivity index (χ4n) is 2.68. The number of hydrogen-bond donors (Lipinski definition) is 1. The number of hydrogen-bond acceptors (Lipinski definition) is 2. The Morgan fingerprint density at radius 3 is 3.00 bits per heavy atom. The van der Waals surface area contributed by atoms with Gasteiger partial charge in [-0.3, -0.25) is 0 Å². The van der Waals surface area contributed by atoms with E-state index in [1.54, 1.807) is 0 Å². The van der Waals surface area contributed by atoms with Crippen LogP contribution in [0.15, 0.2) is 11.8 Å². The molecule has 1 saturated heterocycles. The molecule has 0 unspecified atom stereocenters. The largest absolute Gasteiger partial charge is 0.480 e. The molecule has 0 aromatic rings. The number of carbonyl (C=O) groups is 1. The Morgan fingerprint density at radius 2 is 2.33 bits per heavy atom. The van der Waals surface area contributed by atoms with Gasteiger partial charge in [0.2, 0.25) is 0 Å². The summed E-state index contributed by atoms with van der Waals surface area (Å²) in [5.41, 5.74) is 1.28. The number of likely N-dealkylation sites (tertiary alicyclic amines) is 1. The smallest absolute Gasteiger partial charge is 0.326 e. The van der Waals surface area contributed by atoms with Crippen molar-refractivity contribution in [3.8, 4) is 0 Å². The predicted octanol–water partition coefficient (Wildman–Crippen LogP) is 2.24. The van der Waals surface area contributed by atoms with Crippen LogP contribution in [0.4, 0.5) is 0 Å². The van der Waals surface area contributed by atoms with Crippen LogP contribution in [0.3, 0.4) is 0 Å². The average molecular weight is 209 g/mol. The minimum atomic E-state index is -0.661. The number of aliphatic carboxylic acids is 1. The first kappa shape index (κ1) is 10.5. The van der Waals surface area contributed by atoms with Crippen LogP contribution in [0.2, 0.25) is 0 Å². The summed E-state index contributed by atoms with van der Waals surface area (Å²) in [6.45, 7) is 3.17. The maximum absolute atomic E-state index is 11.1. The molecule has 2 atom stereocenters. The van der Waals surface area contributed by atoms with E-state index in [-0.39, 0.29) is 6.04 Å². The third kappa shape index (κ3) is 2.16. The molecule has 0 saturated carbocycles. The van der Waals surface area contributed by atoms with E-state index in [4.69, 9.17) is 5.11 Å². The van der Waals surface area contributed by atoms with Crippen LogP contribution in [0.5, 0.6) is 0 Å². The molecule has 0 amide bonds. The first-order valence-corrected chi connectivity index (χ1v) is 5.87. The van der Waals surface area contributed by atoms with E-state index in [1.807, 2.05) is 0 Å². The zero-order chi connectivity index (χ0) is 10.8. The second-order valence-electron chi connectivity index (χ2n) is 4.77. The molecule has 2 aliphatic rings. The molecule has 3 nitrogen and oxygen atoms in total. The summed E-state index contributed by atoms with van der Waals surface area (Å²) >= 11 is 0. The standard InChI is InChI=1S/C12H19NO2/c1-9-4-2-5-10(8-9)13-7-3-6-11(13)12(14)15/h5,9,11H,2-4,6-8H2,1H3,(H,14,15)/t9-,11+/m1/s1. The van der Waals surface area contributed by atoms with Gasteiger partial charge < -0.3 is 10.0 Å². The van der Waals surface area contributed by atoms with Crippen LogP contribution in [0.1, 0.15) is 39.0 Å². The number of allylic oxidation sites excluding steroid dienone is 2. The van der Waals surface area contributed by atoms with Gasteiger partial charge in [-0.15, -0.1) is 0 Å². The van der Waals surface area contributed by atoms with Gasteiger partial charge in [-0.1, -0.05) is 13.0 Å². The second kappa shape index (κ2) is 4.25. The minimum absolute atomic E-state index is 0.262. The Morgan fingerprint density at radius 1 is 1.53 bits per heavy atom. The topological polar surface area (TPSA) is 40.5 Å². The van der Waals surface area contributed by atoms with Crippen molar-refractivity contribution >= 4 is 5.97 Å². The molecule has 1 N–H and O–H groups in total. The molecule has 84 valence electrons. The van der Waals surface area contributed by atoms with Gasteiger partial charge in [0.05, 0.1) is 0 Å². The Balaban J connectivity index is 2.09. The molecule has 0 radical (unpaired) electrons. The lowest BCUT2D eigenvalue weighted by atomic mass is 9.93. The molecule has 0 spiro atoms. The van der Waals surface area contributed by atoms with Crippen LogP contribution in [0, 0.1) is 5.92 Å². The molecule has 3 heteroatoms. The molecule has 15 heavy (non-hydrogen) atoms. The zero-order valence-electron chi connectivity index (χ0n) is 9.28. The van der Waals surface area contributed by atoms with Crippen LogP contribution in [-0.4, -0.2) is 28.6 Å². The van der Waals surface area contributed by atoms with Crippen molar-refractivity contribution in [1.82, 2.24) is 4.90 Å². The van der Waals surface area contributed by atoms with Gasteiger partial charge in [0.15, 0.2) is 0 Å². The quantitative estimate of drug-likeness (QED) is 0.758. The summed E-state index contributed by atoms with van der Waals surface area (Å²) in [4.78, 5) is 13.2. The van der Waals surface area contributed by atoms with Crippen LogP contribution in [-0.2, 0) is 4.79 Å². The van der Waals surface area contributed by atoms with Crippen LogP contribution >= 0.6 is 0 Å². The number of carboxylic acids is 1. The van der Waals surface area contributed by atoms with Crippen molar-refractivity contribution in [2.24, 2.45) is 5.92 Å². The van der Waals surface area contributed by atoms with Gasteiger partial charge in [0.25, 0.3) is 0 Å². The van der Waals surface area contributed by atoms with Crippen LogP contribution in [0.25, 0.3) is 0 Å². The molecule has 2 rings (SSSR count). The van der Waals surface area contributed by atoms with Crippen molar-refractivity contribution < 1.29 is 9.90 Å². The lowest BCUT2D eigenvalue weighted by molar-refractivity contribution is -0.141. The Bertz CT molecular complexity index is 285. The van der Waals surface area contributed by atoms with E-state index in [2.05, 4.69) is 17.9 Å². The summed E-state index contributed by atoms with van der Waals surface area (Å²) in [5, 5.41) is 9.11. The molecule has 1 fully saturated rings. The van der Waals surface area contributed by atoms with Crippen molar-refractivity contribution in [2.75, 3.05) is 6.54 Å². The minimum Gasteiger partial charge on any atom is -0.480 e. The van der Waals surface area contributed by atoms with Crippen molar-refractivity contribution in [2.45, 2.75) is 45.1 Å². The molecular weight excluding hydrogens is 190 g/mol. The highest BCUT2D eigenvalue weighted by molar-refractivity contribution is 5.74. The van der Waals surface area contributed by atoms with E-state index in [0.29, 0.717) is 5.92 Å². The van der Waals surface area contributed by atoms with E-state index < -0.39 is 5.97 Å². The van der Waals surface area contributed by atoms with E-state index in [1.165, 1.54) is 12.1 Å². The van der Waals surface area contributed by atoms with Crippen molar-refractivity contribution in [1.29, 1.82) is 0 Å². The lowest BCUT2D eigenvalue weighted by Gasteiger charge is -2.31. The highest BCUT2D eigenvalue weighted by Gasteiger charge is 2.32.